The van der Waals surface area contributed by atoms with Crippen LogP contribution < -0.4 is 11.1 Å². The van der Waals surface area contributed by atoms with Gasteiger partial charge in [-0.25, -0.2) is 0 Å². The number of carbonyl (C=O) groups excluding carboxylic acids is 1. The van der Waals surface area contributed by atoms with E-state index < -0.39 is 0 Å². The fraction of sp³-hybridized carbons (Fsp3) is 0.353. The van der Waals surface area contributed by atoms with Crippen molar-refractivity contribution in [2.24, 2.45) is 5.92 Å². The summed E-state index contributed by atoms with van der Waals surface area (Å²) in [6, 6.07) is 11.2. The minimum Gasteiger partial charge on any atom is -0.451 e. The number of hydrogen-bond donors (Lipinski definition) is 2. The van der Waals surface area contributed by atoms with Crippen LogP contribution >= 0.6 is 0 Å². The molecule has 0 spiro atoms. The summed E-state index contributed by atoms with van der Waals surface area (Å²) >= 11 is 0. The fourth-order valence-electron chi connectivity index (χ4n) is 3.45. The van der Waals surface area contributed by atoms with Gasteiger partial charge in [-0.3, -0.25) is 4.79 Å². The molecule has 1 aromatic carbocycles. The van der Waals surface area contributed by atoms with Crippen LogP contribution in [0.5, 0.6) is 0 Å². The van der Waals surface area contributed by atoms with Gasteiger partial charge in [0.05, 0.1) is 0 Å². The number of nitrogens with two attached hydrogens (primary N) is 1. The van der Waals surface area contributed by atoms with Crippen LogP contribution in [0, 0.1) is 5.92 Å². The Hall–Kier alpha value is -2.27. The molecule has 2 unspecified atom stereocenters. The maximum absolute atomic E-state index is 12.3. The number of rotatable bonds is 3. The average Bonchev–Trinajstić information content (AvgIpc) is 3.24. The van der Waals surface area contributed by atoms with Crippen molar-refractivity contribution in [3.05, 3.63) is 42.2 Å². The average molecular weight is 297 g/mol. The van der Waals surface area contributed by atoms with Crippen LogP contribution in [-0.4, -0.2) is 36.5 Å². The molecular weight excluding hydrogens is 278 g/mol. The quantitative estimate of drug-likeness (QED) is 0.850. The first-order valence-electron chi connectivity index (χ1n) is 7.68. The first-order valence-corrected chi connectivity index (χ1v) is 7.68. The van der Waals surface area contributed by atoms with Gasteiger partial charge in [-0.15, -0.1) is 0 Å². The Morgan fingerprint density at radius 3 is 2.68 bits per heavy atom. The predicted octanol–water partition coefficient (Wildman–Crippen LogP) is 1.96. The number of fused-ring (bicyclic) bond motifs is 2. The lowest BCUT2D eigenvalue weighted by Crippen LogP contribution is -2.43. The number of furan rings is 1. The van der Waals surface area contributed by atoms with Crippen LogP contribution in [0.4, 0.5) is 5.69 Å². The summed E-state index contributed by atoms with van der Waals surface area (Å²) in [5.41, 5.74) is 7.30. The summed E-state index contributed by atoms with van der Waals surface area (Å²) in [7, 11) is 0. The van der Waals surface area contributed by atoms with Gasteiger partial charge in [-0.2, -0.15) is 0 Å². The zero-order valence-corrected chi connectivity index (χ0v) is 12.3. The first-order chi connectivity index (χ1) is 10.7. The third-order valence-corrected chi connectivity index (χ3v) is 4.67. The zero-order valence-electron chi connectivity index (χ0n) is 12.3. The monoisotopic (exact) mass is 297 g/mol. The molecule has 2 bridgehead atoms. The summed E-state index contributed by atoms with van der Waals surface area (Å²) < 4.78 is 5.70. The van der Waals surface area contributed by atoms with E-state index in [-0.39, 0.29) is 11.9 Å². The van der Waals surface area contributed by atoms with Crippen LogP contribution in [0.25, 0.3) is 11.3 Å². The molecule has 114 valence electrons. The third-order valence-electron chi connectivity index (χ3n) is 4.67. The molecule has 3 atom stereocenters. The molecule has 1 amide bonds. The van der Waals surface area contributed by atoms with E-state index in [1.807, 2.05) is 30.3 Å². The van der Waals surface area contributed by atoms with E-state index in [4.69, 9.17) is 10.2 Å². The zero-order chi connectivity index (χ0) is 15.1. The number of amides is 1. The number of benzene rings is 1. The second-order valence-electron chi connectivity index (χ2n) is 6.17. The van der Waals surface area contributed by atoms with E-state index >= 15 is 0 Å². The van der Waals surface area contributed by atoms with Crippen molar-refractivity contribution in [1.29, 1.82) is 0 Å². The highest BCUT2D eigenvalue weighted by molar-refractivity contribution is 5.92. The lowest BCUT2D eigenvalue weighted by Gasteiger charge is -2.22. The Morgan fingerprint density at radius 1 is 1.18 bits per heavy atom. The van der Waals surface area contributed by atoms with E-state index in [2.05, 4.69) is 10.2 Å². The van der Waals surface area contributed by atoms with Crippen molar-refractivity contribution in [2.75, 3.05) is 25.4 Å². The Morgan fingerprint density at radius 2 is 2.00 bits per heavy atom. The van der Waals surface area contributed by atoms with Gasteiger partial charge >= 0.3 is 0 Å². The molecule has 2 fully saturated rings. The molecular formula is C17H19N3O2. The molecule has 2 saturated heterocycles. The van der Waals surface area contributed by atoms with Gasteiger partial charge in [-0.1, -0.05) is 0 Å². The standard InChI is InChI=1S/C17H19N3O2/c18-13-3-1-11(2-4-13)15-5-6-16(22-15)17(21)19-14-10-20-8-7-12(14)9-20/h1-6,12,14H,7-10,18H2,(H,19,21)/t12-,14?/m0/s1. The SMILES string of the molecule is Nc1ccc(-c2ccc(C(=O)NC3CN4CC[C@H]3C4)o2)cc1. The van der Waals surface area contributed by atoms with E-state index in [0.717, 1.165) is 18.7 Å². The number of anilines is 1. The summed E-state index contributed by atoms with van der Waals surface area (Å²) in [6.07, 6.45) is 1.18. The van der Waals surface area contributed by atoms with Crippen LogP contribution in [0.2, 0.25) is 0 Å². The van der Waals surface area contributed by atoms with Crippen LogP contribution in [0.1, 0.15) is 17.0 Å². The molecule has 5 nitrogen and oxygen atoms in total. The molecule has 0 aliphatic carbocycles. The minimum absolute atomic E-state index is 0.125. The molecule has 3 N–H and O–H groups in total. The Labute approximate surface area is 129 Å². The predicted molar refractivity (Wildman–Crippen MR) is 84.4 cm³/mol. The highest BCUT2D eigenvalue weighted by Gasteiger charge is 2.38. The molecule has 2 aromatic rings. The van der Waals surface area contributed by atoms with Crippen LogP contribution in [0.15, 0.2) is 40.8 Å². The molecule has 3 heterocycles. The number of nitrogens with one attached hydrogen (secondary N) is 1. The topological polar surface area (TPSA) is 71.5 Å². The minimum atomic E-state index is -0.125. The molecule has 2 aliphatic rings. The molecule has 22 heavy (non-hydrogen) atoms. The Kier molecular flexibility index (Phi) is 3.15. The molecule has 2 aliphatic heterocycles. The third kappa shape index (κ3) is 2.37. The van der Waals surface area contributed by atoms with Crippen molar-refractivity contribution in [2.45, 2.75) is 12.5 Å². The molecule has 4 rings (SSSR count). The lowest BCUT2D eigenvalue weighted by atomic mass is 10.00. The molecule has 0 radical (unpaired) electrons. The summed E-state index contributed by atoms with van der Waals surface area (Å²) in [6.45, 7) is 3.24. The van der Waals surface area contributed by atoms with E-state index in [1.54, 1.807) is 6.07 Å². The van der Waals surface area contributed by atoms with Crippen molar-refractivity contribution >= 4 is 11.6 Å². The largest absolute Gasteiger partial charge is 0.451 e. The normalized spacial score (nSPS) is 26.3. The van der Waals surface area contributed by atoms with E-state index in [1.165, 1.54) is 13.0 Å². The van der Waals surface area contributed by atoms with Crippen molar-refractivity contribution in [3.8, 4) is 11.3 Å². The van der Waals surface area contributed by atoms with Crippen molar-refractivity contribution in [1.82, 2.24) is 10.2 Å². The molecule has 1 aromatic heterocycles. The van der Waals surface area contributed by atoms with Gasteiger partial charge < -0.3 is 20.4 Å². The number of carbonyl (C=O) groups is 1. The summed E-state index contributed by atoms with van der Waals surface area (Å²) in [4.78, 5) is 14.7. The Bertz CT molecular complexity index is 692. The number of nitrogen functional groups attached to an aromatic ring is 1. The second kappa shape index (κ2) is 5.18. The summed E-state index contributed by atoms with van der Waals surface area (Å²) in [5.74, 6) is 1.52. The first kappa shape index (κ1) is 13.4. The van der Waals surface area contributed by atoms with E-state index in [0.29, 0.717) is 23.1 Å². The Balaban J connectivity index is 1.46. The van der Waals surface area contributed by atoms with Gasteiger partial charge in [0.25, 0.3) is 5.91 Å². The molecule has 0 saturated carbocycles. The van der Waals surface area contributed by atoms with Crippen molar-refractivity contribution < 1.29 is 9.21 Å². The van der Waals surface area contributed by atoms with Gasteiger partial charge in [-0.05, 0) is 55.3 Å². The number of hydrogen-bond acceptors (Lipinski definition) is 4. The molecule has 5 heteroatoms. The highest BCUT2D eigenvalue weighted by atomic mass is 16.3. The second-order valence-corrected chi connectivity index (χ2v) is 6.17. The van der Waals surface area contributed by atoms with E-state index in [9.17, 15) is 4.79 Å². The fourth-order valence-corrected chi connectivity index (χ4v) is 3.45. The number of piperidine rings is 1. The smallest absolute Gasteiger partial charge is 0.287 e. The van der Waals surface area contributed by atoms with Gasteiger partial charge in [0.15, 0.2) is 5.76 Å². The maximum atomic E-state index is 12.3. The number of nitrogens with zero attached hydrogens (tertiary/aromatic N) is 1. The van der Waals surface area contributed by atoms with Crippen LogP contribution in [-0.2, 0) is 0 Å². The van der Waals surface area contributed by atoms with Crippen molar-refractivity contribution in [3.63, 3.8) is 0 Å². The lowest BCUT2D eigenvalue weighted by molar-refractivity contribution is 0.0897. The van der Waals surface area contributed by atoms with Gasteiger partial charge in [0, 0.05) is 30.4 Å². The van der Waals surface area contributed by atoms with Crippen LogP contribution in [0.3, 0.4) is 0 Å². The summed E-state index contributed by atoms with van der Waals surface area (Å²) in [5, 5.41) is 3.11. The van der Waals surface area contributed by atoms with Gasteiger partial charge in [0.2, 0.25) is 0 Å². The van der Waals surface area contributed by atoms with Gasteiger partial charge in [0.1, 0.15) is 5.76 Å². The maximum Gasteiger partial charge on any atom is 0.287 e. The highest BCUT2D eigenvalue weighted by Crippen LogP contribution is 2.28.